The number of benzene rings is 2. The molecule has 1 heterocycles. The number of hydrogen-bond donors (Lipinski definition) is 1. The molecule has 3 rings (SSSR count). The topological polar surface area (TPSA) is 84.7 Å². The monoisotopic (exact) mass is 383 g/mol. The Morgan fingerprint density at radius 3 is 2.68 bits per heavy atom. The van der Waals surface area contributed by atoms with Crippen LogP contribution in [0.4, 0.5) is 11.4 Å². The molecule has 1 fully saturated rings. The molecule has 0 atom stereocenters. The molecule has 148 valence electrons. The number of piperidine rings is 1. The van der Waals surface area contributed by atoms with Crippen molar-refractivity contribution in [1.82, 2.24) is 4.90 Å². The van der Waals surface area contributed by atoms with Crippen molar-refractivity contribution in [2.75, 3.05) is 25.5 Å². The molecule has 0 aromatic heterocycles. The Bertz CT molecular complexity index is 860. The number of methoxy groups -OCH3 is 1. The lowest BCUT2D eigenvalue weighted by atomic mass is 9.95. The van der Waals surface area contributed by atoms with Gasteiger partial charge < -0.3 is 10.1 Å². The number of carbonyl (C=O) groups excluding carboxylic acids is 1. The molecule has 0 bridgehead atoms. The molecule has 1 saturated heterocycles. The Morgan fingerprint density at radius 1 is 1.25 bits per heavy atom. The van der Waals surface area contributed by atoms with Crippen molar-refractivity contribution in [1.29, 1.82) is 0 Å². The summed E-state index contributed by atoms with van der Waals surface area (Å²) < 4.78 is 5.27. The molecular formula is C21H25N3O4. The molecule has 7 heteroatoms. The van der Waals surface area contributed by atoms with Crippen molar-refractivity contribution in [2.24, 2.45) is 5.92 Å². The number of anilines is 1. The van der Waals surface area contributed by atoms with Gasteiger partial charge in [0.05, 0.1) is 17.7 Å². The quantitative estimate of drug-likeness (QED) is 0.606. The molecule has 0 spiro atoms. The predicted molar refractivity (Wildman–Crippen MR) is 107 cm³/mol. The first-order valence-electron chi connectivity index (χ1n) is 9.37. The summed E-state index contributed by atoms with van der Waals surface area (Å²) in [5, 5.41) is 13.8. The number of carbonyl (C=O) groups is 1. The summed E-state index contributed by atoms with van der Waals surface area (Å²) in [6, 6.07) is 12.5. The Balaban J connectivity index is 1.55. The fraction of sp³-hybridized carbons (Fsp3) is 0.381. The van der Waals surface area contributed by atoms with Crippen molar-refractivity contribution in [2.45, 2.75) is 26.3 Å². The number of nitrogens with zero attached hydrogens (tertiary/aromatic N) is 2. The summed E-state index contributed by atoms with van der Waals surface area (Å²) in [7, 11) is 1.66. The number of amides is 1. The van der Waals surface area contributed by atoms with Crippen LogP contribution in [-0.4, -0.2) is 35.9 Å². The van der Waals surface area contributed by atoms with Crippen LogP contribution in [0.5, 0.6) is 5.75 Å². The van der Waals surface area contributed by atoms with Crippen molar-refractivity contribution in [3.8, 4) is 5.75 Å². The van der Waals surface area contributed by atoms with Gasteiger partial charge in [0.1, 0.15) is 5.75 Å². The maximum atomic E-state index is 12.6. The van der Waals surface area contributed by atoms with Crippen LogP contribution < -0.4 is 10.1 Å². The minimum atomic E-state index is -0.452. The Labute approximate surface area is 164 Å². The molecule has 0 saturated carbocycles. The number of nitro groups is 1. The van der Waals surface area contributed by atoms with Crippen LogP contribution in [-0.2, 0) is 11.3 Å². The highest BCUT2D eigenvalue weighted by molar-refractivity contribution is 5.93. The second-order valence-electron chi connectivity index (χ2n) is 7.15. The fourth-order valence-electron chi connectivity index (χ4n) is 3.48. The second-order valence-corrected chi connectivity index (χ2v) is 7.15. The van der Waals surface area contributed by atoms with Crippen molar-refractivity contribution >= 4 is 17.3 Å². The van der Waals surface area contributed by atoms with E-state index in [-0.39, 0.29) is 17.5 Å². The molecular weight excluding hydrogens is 358 g/mol. The number of ether oxygens (including phenoxy) is 1. The van der Waals surface area contributed by atoms with E-state index in [1.165, 1.54) is 17.7 Å². The first-order valence-corrected chi connectivity index (χ1v) is 9.37. The largest absolute Gasteiger partial charge is 0.497 e. The van der Waals surface area contributed by atoms with Gasteiger partial charge in [0.2, 0.25) is 5.91 Å². The normalized spacial score (nSPS) is 15.2. The lowest BCUT2D eigenvalue weighted by Crippen LogP contribution is -2.37. The SMILES string of the molecule is COc1cccc(CN2CCC(C(=O)Nc3cc([N+](=O)[O-])ccc3C)CC2)c1. The van der Waals surface area contributed by atoms with Crippen molar-refractivity contribution in [3.05, 3.63) is 63.7 Å². The van der Waals surface area contributed by atoms with Crippen LogP contribution in [0.1, 0.15) is 24.0 Å². The average molecular weight is 383 g/mol. The maximum absolute atomic E-state index is 12.6. The summed E-state index contributed by atoms with van der Waals surface area (Å²) in [4.78, 5) is 25.5. The molecule has 1 aliphatic rings. The van der Waals surface area contributed by atoms with E-state index in [1.54, 1.807) is 13.2 Å². The number of hydrogen-bond acceptors (Lipinski definition) is 5. The molecule has 0 radical (unpaired) electrons. The fourth-order valence-corrected chi connectivity index (χ4v) is 3.48. The summed E-state index contributed by atoms with van der Waals surface area (Å²) >= 11 is 0. The molecule has 1 aliphatic heterocycles. The number of nitrogens with one attached hydrogen (secondary N) is 1. The minimum absolute atomic E-state index is 0.0194. The van der Waals surface area contributed by atoms with E-state index in [4.69, 9.17) is 4.74 Å². The summed E-state index contributed by atoms with van der Waals surface area (Å²) in [6.07, 6.45) is 1.54. The minimum Gasteiger partial charge on any atom is -0.497 e. The van der Waals surface area contributed by atoms with Crippen molar-refractivity contribution < 1.29 is 14.5 Å². The number of nitro benzene ring substituents is 1. The molecule has 2 aromatic rings. The van der Waals surface area contributed by atoms with E-state index < -0.39 is 4.92 Å². The molecule has 7 nitrogen and oxygen atoms in total. The maximum Gasteiger partial charge on any atom is 0.271 e. The Hall–Kier alpha value is -2.93. The van der Waals surface area contributed by atoms with E-state index in [0.717, 1.165) is 43.8 Å². The van der Waals surface area contributed by atoms with Gasteiger partial charge in [0.15, 0.2) is 0 Å². The van der Waals surface area contributed by atoms with Crippen LogP contribution in [0.3, 0.4) is 0 Å². The molecule has 2 aromatic carbocycles. The van der Waals surface area contributed by atoms with Crippen LogP contribution in [0, 0.1) is 23.0 Å². The molecule has 1 N–H and O–H groups in total. The zero-order chi connectivity index (χ0) is 20.1. The van der Waals surface area contributed by atoms with E-state index >= 15 is 0 Å². The van der Waals surface area contributed by atoms with Gasteiger partial charge in [0.25, 0.3) is 5.69 Å². The molecule has 0 aliphatic carbocycles. The van der Waals surface area contributed by atoms with Crippen molar-refractivity contribution in [3.63, 3.8) is 0 Å². The summed E-state index contributed by atoms with van der Waals surface area (Å²) in [6.45, 7) is 4.33. The second kappa shape index (κ2) is 8.84. The van der Waals surface area contributed by atoms with Gasteiger partial charge in [-0.2, -0.15) is 0 Å². The summed E-state index contributed by atoms with van der Waals surface area (Å²) in [5.74, 6) is 0.698. The predicted octanol–water partition coefficient (Wildman–Crippen LogP) is 3.76. The third-order valence-electron chi connectivity index (χ3n) is 5.19. The highest BCUT2D eigenvalue weighted by Crippen LogP contribution is 2.25. The van der Waals surface area contributed by atoms with E-state index in [0.29, 0.717) is 5.69 Å². The number of likely N-dealkylation sites (tertiary alicyclic amines) is 1. The van der Waals surface area contributed by atoms with E-state index in [9.17, 15) is 14.9 Å². The van der Waals surface area contributed by atoms with Gasteiger partial charge in [-0.05, 0) is 56.1 Å². The van der Waals surface area contributed by atoms with Crippen LogP contribution in [0.2, 0.25) is 0 Å². The number of non-ortho nitro benzene ring substituents is 1. The lowest BCUT2D eigenvalue weighted by molar-refractivity contribution is -0.384. The third-order valence-corrected chi connectivity index (χ3v) is 5.19. The lowest BCUT2D eigenvalue weighted by Gasteiger charge is -2.31. The molecule has 28 heavy (non-hydrogen) atoms. The highest BCUT2D eigenvalue weighted by atomic mass is 16.6. The highest BCUT2D eigenvalue weighted by Gasteiger charge is 2.25. The van der Waals surface area contributed by atoms with Gasteiger partial charge in [-0.25, -0.2) is 0 Å². The molecule has 0 unspecified atom stereocenters. The van der Waals surface area contributed by atoms with E-state index in [1.807, 2.05) is 25.1 Å². The zero-order valence-corrected chi connectivity index (χ0v) is 16.2. The Kier molecular flexibility index (Phi) is 6.26. The standard InChI is InChI=1S/C21H25N3O4/c1-15-6-7-18(24(26)27)13-20(15)22-21(25)17-8-10-23(11-9-17)14-16-4-3-5-19(12-16)28-2/h3-7,12-13,17H,8-11,14H2,1-2H3,(H,22,25). The first-order chi connectivity index (χ1) is 13.5. The Morgan fingerprint density at radius 2 is 2.00 bits per heavy atom. The van der Waals surface area contributed by atoms with Gasteiger partial charge in [0, 0.05) is 24.6 Å². The van der Waals surface area contributed by atoms with Crippen LogP contribution in [0.25, 0.3) is 0 Å². The average Bonchev–Trinajstić information content (AvgIpc) is 2.70. The zero-order valence-electron chi connectivity index (χ0n) is 16.2. The van der Waals surface area contributed by atoms with Gasteiger partial charge >= 0.3 is 0 Å². The molecule has 1 amide bonds. The third kappa shape index (κ3) is 4.86. The number of aryl methyl sites for hydroxylation is 1. The van der Waals surface area contributed by atoms with Crippen LogP contribution >= 0.6 is 0 Å². The van der Waals surface area contributed by atoms with Gasteiger partial charge in [-0.1, -0.05) is 18.2 Å². The van der Waals surface area contributed by atoms with E-state index in [2.05, 4.69) is 16.3 Å². The van der Waals surface area contributed by atoms with Crippen LogP contribution in [0.15, 0.2) is 42.5 Å². The number of rotatable bonds is 6. The summed E-state index contributed by atoms with van der Waals surface area (Å²) in [5.41, 5.74) is 2.50. The first kappa shape index (κ1) is 19.8. The smallest absolute Gasteiger partial charge is 0.271 e. The van der Waals surface area contributed by atoms with Gasteiger partial charge in [-0.15, -0.1) is 0 Å². The van der Waals surface area contributed by atoms with Gasteiger partial charge in [-0.3, -0.25) is 19.8 Å².